The molecule has 1 saturated heterocycles. The number of benzene rings is 1. The lowest BCUT2D eigenvalue weighted by atomic mass is 10.2. The standard InChI is InChI=1S/C12H10Cl2N4O3S/c13-10-3-8(1-2-11(10)18-7-15-6-16-18)17-5-9(4-12(17)19)22(14,20)21/h1-3,6-7,9H,4-5H2. The Hall–Kier alpha value is -1.64. The molecular formula is C12H10Cl2N4O3S. The summed E-state index contributed by atoms with van der Waals surface area (Å²) >= 11 is 6.20. The van der Waals surface area contributed by atoms with Crippen molar-refractivity contribution in [3.8, 4) is 5.69 Å². The Kier molecular flexibility index (Phi) is 3.84. The summed E-state index contributed by atoms with van der Waals surface area (Å²) in [6, 6.07) is 4.94. The molecule has 1 aliphatic heterocycles. The van der Waals surface area contributed by atoms with Crippen LogP contribution in [0.3, 0.4) is 0 Å². The first kappa shape index (κ1) is 15.3. The van der Waals surface area contributed by atoms with Gasteiger partial charge in [-0.25, -0.2) is 18.1 Å². The number of carbonyl (C=O) groups excluding carboxylic acids is 1. The molecule has 2 aromatic rings. The van der Waals surface area contributed by atoms with Gasteiger partial charge in [-0.15, -0.1) is 0 Å². The van der Waals surface area contributed by atoms with E-state index in [2.05, 4.69) is 10.1 Å². The van der Waals surface area contributed by atoms with Crippen molar-refractivity contribution in [2.75, 3.05) is 11.4 Å². The van der Waals surface area contributed by atoms with Gasteiger partial charge in [-0.3, -0.25) is 4.79 Å². The van der Waals surface area contributed by atoms with Crippen LogP contribution < -0.4 is 4.90 Å². The van der Waals surface area contributed by atoms with E-state index in [-0.39, 0.29) is 18.9 Å². The molecule has 1 aromatic carbocycles. The Bertz CT molecular complexity index is 823. The third kappa shape index (κ3) is 2.81. The van der Waals surface area contributed by atoms with Crippen molar-refractivity contribution < 1.29 is 13.2 Å². The maximum absolute atomic E-state index is 12.0. The molecule has 3 rings (SSSR count). The number of carbonyl (C=O) groups is 1. The van der Waals surface area contributed by atoms with Crippen LogP contribution in [0.2, 0.25) is 5.02 Å². The largest absolute Gasteiger partial charge is 0.311 e. The van der Waals surface area contributed by atoms with Crippen molar-refractivity contribution >= 4 is 42.9 Å². The smallest absolute Gasteiger partial charge is 0.237 e. The molecule has 1 fully saturated rings. The predicted octanol–water partition coefficient (Wildman–Crippen LogP) is 1.59. The molecule has 0 aliphatic carbocycles. The van der Waals surface area contributed by atoms with Crippen LogP contribution in [-0.4, -0.2) is 40.9 Å². The van der Waals surface area contributed by atoms with Crippen LogP contribution in [0.4, 0.5) is 5.69 Å². The molecule has 22 heavy (non-hydrogen) atoms. The van der Waals surface area contributed by atoms with Gasteiger partial charge in [0.25, 0.3) is 0 Å². The van der Waals surface area contributed by atoms with Crippen molar-refractivity contribution in [3.63, 3.8) is 0 Å². The van der Waals surface area contributed by atoms with Crippen LogP contribution in [0, 0.1) is 0 Å². The quantitative estimate of drug-likeness (QED) is 0.776. The zero-order chi connectivity index (χ0) is 15.9. The van der Waals surface area contributed by atoms with E-state index in [1.807, 2.05) is 0 Å². The molecule has 1 aliphatic rings. The molecule has 1 atom stereocenters. The Morgan fingerprint density at radius 1 is 1.32 bits per heavy atom. The molecule has 7 nitrogen and oxygen atoms in total. The summed E-state index contributed by atoms with van der Waals surface area (Å²) in [5.41, 5.74) is 1.12. The number of aromatic nitrogens is 3. The second-order valence-electron chi connectivity index (χ2n) is 4.78. The summed E-state index contributed by atoms with van der Waals surface area (Å²) in [5.74, 6) is -0.307. The van der Waals surface area contributed by atoms with Gasteiger partial charge in [0, 0.05) is 29.3 Å². The normalized spacial score (nSPS) is 18.9. The van der Waals surface area contributed by atoms with Gasteiger partial charge in [0.15, 0.2) is 0 Å². The van der Waals surface area contributed by atoms with Gasteiger partial charge >= 0.3 is 0 Å². The molecule has 1 unspecified atom stereocenters. The highest BCUT2D eigenvalue weighted by molar-refractivity contribution is 8.14. The SMILES string of the molecule is O=C1CC(S(=O)(=O)Cl)CN1c1ccc(-n2cncn2)c(Cl)c1. The molecule has 0 bridgehead atoms. The average Bonchev–Trinajstić information content (AvgIpc) is 3.07. The molecule has 0 radical (unpaired) electrons. The molecule has 116 valence electrons. The fourth-order valence-electron chi connectivity index (χ4n) is 2.30. The highest BCUT2D eigenvalue weighted by atomic mass is 35.7. The average molecular weight is 361 g/mol. The van der Waals surface area contributed by atoms with Crippen LogP contribution in [0.1, 0.15) is 6.42 Å². The minimum atomic E-state index is -3.78. The maximum atomic E-state index is 12.0. The zero-order valence-corrected chi connectivity index (χ0v) is 13.4. The van der Waals surface area contributed by atoms with Crippen LogP contribution in [0.15, 0.2) is 30.9 Å². The third-order valence-corrected chi connectivity index (χ3v) is 5.57. The van der Waals surface area contributed by atoms with E-state index in [9.17, 15) is 13.2 Å². The van der Waals surface area contributed by atoms with Gasteiger partial charge in [-0.05, 0) is 18.2 Å². The van der Waals surface area contributed by atoms with Crippen LogP contribution in [0.25, 0.3) is 5.69 Å². The minimum absolute atomic E-state index is 0.0175. The monoisotopic (exact) mass is 360 g/mol. The van der Waals surface area contributed by atoms with Crippen LogP contribution in [0.5, 0.6) is 0 Å². The third-order valence-electron chi connectivity index (χ3n) is 3.40. The number of anilines is 1. The van der Waals surface area contributed by atoms with Crippen molar-refractivity contribution in [2.24, 2.45) is 0 Å². The molecule has 0 spiro atoms. The van der Waals surface area contributed by atoms with Crippen LogP contribution >= 0.6 is 22.3 Å². The highest BCUT2D eigenvalue weighted by Gasteiger charge is 2.38. The summed E-state index contributed by atoms with van der Waals surface area (Å²) in [7, 11) is 1.55. The first-order chi connectivity index (χ1) is 10.4. The summed E-state index contributed by atoms with van der Waals surface area (Å²) in [5, 5.41) is 3.44. The highest BCUT2D eigenvalue weighted by Crippen LogP contribution is 2.30. The summed E-state index contributed by atoms with van der Waals surface area (Å²) < 4.78 is 24.2. The lowest BCUT2D eigenvalue weighted by molar-refractivity contribution is -0.117. The zero-order valence-electron chi connectivity index (χ0n) is 11.1. The predicted molar refractivity (Wildman–Crippen MR) is 81.9 cm³/mol. The molecule has 2 heterocycles. The lowest BCUT2D eigenvalue weighted by Gasteiger charge is -2.17. The molecule has 1 amide bonds. The second-order valence-corrected chi connectivity index (χ2v) is 8.10. The van der Waals surface area contributed by atoms with E-state index in [4.69, 9.17) is 22.3 Å². The Balaban J connectivity index is 1.90. The van der Waals surface area contributed by atoms with E-state index in [1.54, 1.807) is 18.2 Å². The topological polar surface area (TPSA) is 85.2 Å². The van der Waals surface area contributed by atoms with Crippen molar-refractivity contribution in [1.29, 1.82) is 0 Å². The van der Waals surface area contributed by atoms with E-state index in [1.165, 1.54) is 22.2 Å². The van der Waals surface area contributed by atoms with E-state index >= 15 is 0 Å². The number of amides is 1. The van der Waals surface area contributed by atoms with Crippen LogP contribution in [-0.2, 0) is 13.8 Å². The molecule has 10 heteroatoms. The summed E-state index contributed by atoms with van der Waals surface area (Å²) in [6.07, 6.45) is 2.75. The molecular weight excluding hydrogens is 351 g/mol. The number of halogens is 2. The first-order valence-corrected chi connectivity index (χ1v) is 8.99. The minimum Gasteiger partial charge on any atom is -0.311 e. The van der Waals surface area contributed by atoms with Crippen molar-refractivity contribution in [1.82, 2.24) is 14.8 Å². The number of hydrogen-bond donors (Lipinski definition) is 0. The Labute approximate surface area is 135 Å². The van der Waals surface area contributed by atoms with E-state index in [0.29, 0.717) is 16.4 Å². The Morgan fingerprint density at radius 3 is 2.64 bits per heavy atom. The molecule has 0 saturated carbocycles. The van der Waals surface area contributed by atoms with Gasteiger partial charge in [0.05, 0.1) is 10.7 Å². The maximum Gasteiger partial charge on any atom is 0.237 e. The first-order valence-electron chi connectivity index (χ1n) is 6.24. The van der Waals surface area contributed by atoms with Crippen molar-refractivity contribution in [3.05, 3.63) is 35.9 Å². The van der Waals surface area contributed by atoms with Gasteiger partial charge < -0.3 is 4.90 Å². The molecule has 1 aromatic heterocycles. The van der Waals surface area contributed by atoms with Gasteiger partial charge in [0.2, 0.25) is 15.0 Å². The van der Waals surface area contributed by atoms with Gasteiger partial charge in [0.1, 0.15) is 17.9 Å². The fraction of sp³-hybridized carbons (Fsp3) is 0.250. The lowest BCUT2D eigenvalue weighted by Crippen LogP contribution is -2.26. The van der Waals surface area contributed by atoms with Gasteiger partial charge in [-0.2, -0.15) is 5.10 Å². The Morgan fingerprint density at radius 2 is 2.09 bits per heavy atom. The number of rotatable bonds is 3. The number of nitrogens with zero attached hydrogens (tertiary/aromatic N) is 4. The van der Waals surface area contributed by atoms with Gasteiger partial charge in [-0.1, -0.05) is 11.6 Å². The molecule has 0 N–H and O–H groups in total. The number of hydrogen-bond acceptors (Lipinski definition) is 5. The summed E-state index contributed by atoms with van der Waals surface area (Å²) in [4.78, 5) is 17.2. The second kappa shape index (κ2) is 5.53. The van der Waals surface area contributed by atoms with E-state index < -0.39 is 14.3 Å². The van der Waals surface area contributed by atoms with Crippen molar-refractivity contribution in [2.45, 2.75) is 11.7 Å². The fourth-order valence-corrected chi connectivity index (χ4v) is 3.58. The van der Waals surface area contributed by atoms with E-state index in [0.717, 1.165) is 0 Å². The summed E-state index contributed by atoms with van der Waals surface area (Å²) in [6.45, 7) is 0.0175.